The van der Waals surface area contributed by atoms with Crippen molar-refractivity contribution in [2.45, 2.75) is 44.6 Å². The summed E-state index contributed by atoms with van der Waals surface area (Å²) >= 11 is 0. The van der Waals surface area contributed by atoms with Gasteiger partial charge in [-0.2, -0.15) is 0 Å². The fourth-order valence-corrected chi connectivity index (χ4v) is 2.24. The molecule has 0 aliphatic carbocycles. The highest BCUT2D eigenvalue weighted by Crippen LogP contribution is 2.26. The Kier molecular flexibility index (Phi) is 5.38. The maximum atomic E-state index is 12.0. The molecule has 0 bridgehead atoms. The van der Waals surface area contributed by atoms with Crippen LogP contribution in [0.25, 0.3) is 0 Å². The van der Waals surface area contributed by atoms with Gasteiger partial charge >= 0.3 is 5.69 Å². The summed E-state index contributed by atoms with van der Waals surface area (Å²) in [6.07, 6.45) is 2.33. The molecule has 2 rings (SSSR count). The monoisotopic (exact) mass is 323 g/mol. The normalized spacial score (nSPS) is 21.0. The van der Waals surface area contributed by atoms with Crippen LogP contribution in [0.15, 0.2) is 15.8 Å². The number of ether oxygens (including phenoxy) is 2. The first-order chi connectivity index (χ1) is 10.9. The lowest BCUT2D eigenvalue weighted by Crippen LogP contribution is -2.34. The molecular weight excluding hydrogens is 302 g/mol. The van der Waals surface area contributed by atoms with E-state index in [1.54, 1.807) is 21.0 Å². The first-order valence-corrected chi connectivity index (χ1v) is 7.27. The van der Waals surface area contributed by atoms with Gasteiger partial charge in [-0.05, 0) is 26.7 Å². The van der Waals surface area contributed by atoms with Crippen LogP contribution in [0.4, 0.5) is 0 Å². The summed E-state index contributed by atoms with van der Waals surface area (Å²) in [5.41, 5.74) is -1.84. The summed E-state index contributed by atoms with van der Waals surface area (Å²) in [7, 11) is 1.60. The van der Waals surface area contributed by atoms with E-state index in [0.29, 0.717) is 13.0 Å². The van der Waals surface area contributed by atoms with E-state index in [0.717, 1.165) is 6.42 Å². The van der Waals surface area contributed by atoms with Crippen molar-refractivity contribution >= 4 is 0 Å². The van der Waals surface area contributed by atoms with Gasteiger partial charge in [0.15, 0.2) is 0 Å². The molecule has 1 aromatic heterocycles. The van der Waals surface area contributed by atoms with Crippen molar-refractivity contribution in [3.63, 3.8) is 0 Å². The van der Waals surface area contributed by atoms with Gasteiger partial charge in [0.05, 0.1) is 12.7 Å². The van der Waals surface area contributed by atoms with Crippen LogP contribution in [0, 0.1) is 11.8 Å². The predicted octanol–water partition coefficient (Wildman–Crippen LogP) is -0.119. The maximum absolute atomic E-state index is 12.0. The van der Waals surface area contributed by atoms with Crippen molar-refractivity contribution in [3.8, 4) is 11.8 Å². The lowest BCUT2D eigenvalue weighted by molar-refractivity contribution is -0.0335. The fraction of sp³-hybridized carbons (Fsp3) is 0.600. The number of nitrogens with one attached hydrogen (secondary N) is 1. The largest absolute Gasteiger partial charge is 0.382 e. The Hall–Kier alpha value is -1.92. The molecule has 0 amide bonds. The molecule has 1 fully saturated rings. The average Bonchev–Trinajstić information content (AvgIpc) is 2.95. The van der Waals surface area contributed by atoms with Crippen LogP contribution >= 0.6 is 0 Å². The minimum atomic E-state index is -0.902. The van der Waals surface area contributed by atoms with Crippen molar-refractivity contribution in [3.05, 3.63) is 32.6 Å². The van der Waals surface area contributed by atoms with E-state index in [1.165, 1.54) is 10.8 Å². The van der Waals surface area contributed by atoms with Crippen molar-refractivity contribution in [2.75, 3.05) is 13.7 Å². The second kappa shape index (κ2) is 7.10. The smallest absolute Gasteiger partial charge is 0.330 e. The Morgan fingerprint density at radius 1 is 1.48 bits per heavy atom. The zero-order valence-corrected chi connectivity index (χ0v) is 13.4. The minimum absolute atomic E-state index is 0.0667. The zero-order chi connectivity index (χ0) is 17.0. The number of hydrogen-bond donors (Lipinski definition) is 2. The van der Waals surface area contributed by atoms with E-state index < -0.39 is 23.1 Å². The third-order valence-electron chi connectivity index (χ3n) is 3.51. The van der Waals surface area contributed by atoms with Gasteiger partial charge < -0.3 is 9.47 Å². The summed E-state index contributed by atoms with van der Waals surface area (Å²) in [5.74, 6) is 10.6. The quantitative estimate of drug-likeness (QED) is 0.591. The molecule has 23 heavy (non-hydrogen) atoms. The van der Waals surface area contributed by atoms with Gasteiger partial charge in [-0.1, -0.05) is 11.8 Å². The average molecular weight is 323 g/mol. The first-order valence-electron chi connectivity index (χ1n) is 7.27. The van der Waals surface area contributed by atoms with E-state index >= 15 is 0 Å². The van der Waals surface area contributed by atoms with Gasteiger partial charge in [0.2, 0.25) is 0 Å². The second-order valence-corrected chi connectivity index (χ2v) is 5.83. The molecule has 2 heterocycles. The molecule has 1 aliphatic rings. The second-order valence-electron chi connectivity index (χ2n) is 5.83. The first kappa shape index (κ1) is 17.4. The molecule has 0 radical (unpaired) electrons. The molecule has 2 atom stereocenters. The van der Waals surface area contributed by atoms with Crippen LogP contribution in [-0.2, 0) is 14.3 Å². The Morgan fingerprint density at radius 3 is 2.87 bits per heavy atom. The van der Waals surface area contributed by atoms with Crippen LogP contribution < -0.4 is 17.1 Å². The molecule has 0 aromatic carbocycles. The maximum Gasteiger partial charge on any atom is 0.330 e. The van der Waals surface area contributed by atoms with E-state index in [-0.39, 0.29) is 11.7 Å². The highest BCUT2D eigenvalue weighted by Gasteiger charge is 2.27. The molecule has 1 saturated heterocycles. The Bertz CT molecular complexity index is 725. The van der Waals surface area contributed by atoms with Gasteiger partial charge in [-0.3, -0.25) is 19.2 Å². The molecule has 1 aliphatic heterocycles. The zero-order valence-electron chi connectivity index (χ0n) is 13.4. The summed E-state index contributed by atoms with van der Waals surface area (Å²) in [5, 5.41) is 0. The highest BCUT2D eigenvalue weighted by atomic mass is 16.6. The van der Waals surface area contributed by atoms with E-state index in [4.69, 9.17) is 20.2 Å². The molecule has 1 unspecified atom stereocenters. The fourth-order valence-electron chi connectivity index (χ4n) is 2.24. The Labute approximate surface area is 133 Å². The summed E-state index contributed by atoms with van der Waals surface area (Å²) < 4.78 is 12.2. The molecular formula is C15H21N3O5. The molecule has 126 valence electrons. The van der Waals surface area contributed by atoms with E-state index in [9.17, 15) is 9.59 Å². The minimum Gasteiger partial charge on any atom is -0.382 e. The van der Waals surface area contributed by atoms with Crippen molar-refractivity contribution < 1.29 is 14.3 Å². The Morgan fingerprint density at radius 2 is 2.22 bits per heavy atom. The SMILES string of the molecule is COC[C@@H]1CCC(n2cc(C#CC(C)(C)ON)c(=O)[nH]c2=O)O1. The van der Waals surface area contributed by atoms with Crippen molar-refractivity contribution in [1.82, 2.24) is 9.55 Å². The highest BCUT2D eigenvalue weighted by molar-refractivity contribution is 5.32. The van der Waals surface area contributed by atoms with Gasteiger partial charge in [-0.15, -0.1) is 0 Å². The van der Waals surface area contributed by atoms with E-state index in [1.807, 2.05) is 0 Å². The molecule has 3 N–H and O–H groups in total. The van der Waals surface area contributed by atoms with Gasteiger partial charge in [-0.25, -0.2) is 10.7 Å². The summed E-state index contributed by atoms with van der Waals surface area (Å²) in [6.45, 7) is 3.79. The van der Waals surface area contributed by atoms with Crippen LogP contribution in [0.2, 0.25) is 0 Å². The number of rotatable bonds is 4. The number of nitrogens with zero attached hydrogens (tertiary/aromatic N) is 1. The topological polar surface area (TPSA) is 109 Å². The number of aromatic amines is 1. The number of nitrogens with two attached hydrogens (primary N) is 1. The number of aromatic nitrogens is 2. The van der Waals surface area contributed by atoms with Crippen LogP contribution in [0.5, 0.6) is 0 Å². The standard InChI is InChI=1S/C15H21N3O5/c1-15(2,23-16)7-6-10-8-18(14(20)17-13(10)19)12-5-4-11(22-12)9-21-3/h8,11-12H,4-5,9,16H2,1-3H3,(H,17,19,20)/t11-,12?/m0/s1. The van der Waals surface area contributed by atoms with Gasteiger partial charge in [0.1, 0.15) is 17.4 Å². The van der Waals surface area contributed by atoms with Gasteiger partial charge in [0, 0.05) is 13.3 Å². The summed E-state index contributed by atoms with van der Waals surface area (Å²) in [4.78, 5) is 30.8. The summed E-state index contributed by atoms with van der Waals surface area (Å²) in [6, 6.07) is 0. The van der Waals surface area contributed by atoms with Crippen molar-refractivity contribution in [1.29, 1.82) is 0 Å². The van der Waals surface area contributed by atoms with Crippen molar-refractivity contribution in [2.24, 2.45) is 5.90 Å². The number of H-pyrrole nitrogens is 1. The Balaban J connectivity index is 2.31. The molecule has 1 aromatic rings. The third-order valence-corrected chi connectivity index (χ3v) is 3.51. The predicted molar refractivity (Wildman–Crippen MR) is 82.6 cm³/mol. The molecule has 8 nitrogen and oxygen atoms in total. The van der Waals surface area contributed by atoms with E-state index in [2.05, 4.69) is 16.8 Å². The number of methoxy groups -OCH3 is 1. The lowest BCUT2D eigenvalue weighted by Gasteiger charge is -2.15. The molecule has 0 saturated carbocycles. The molecule has 0 spiro atoms. The lowest BCUT2D eigenvalue weighted by atomic mass is 10.1. The van der Waals surface area contributed by atoms with Crippen LogP contribution in [-0.4, -0.2) is 35.0 Å². The third kappa shape index (κ3) is 4.30. The van der Waals surface area contributed by atoms with Crippen LogP contribution in [0.3, 0.4) is 0 Å². The van der Waals surface area contributed by atoms with Gasteiger partial charge in [0.25, 0.3) is 5.56 Å². The molecule has 8 heteroatoms. The number of hydrogen-bond acceptors (Lipinski definition) is 6. The van der Waals surface area contributed by atoms with Crippen LogP contribution in [0.1, 0.15) is 38.5 Å².